The summed E-state index contributed by atoms with van der Waals surface area (Å²) in [6.45, 7) is 11.3. The number of aryl methyl sites for hydroxylation is 2. The van der Waals surface area contributed by atoms with Gasteiger partial charge in [-0.1, -0.05) is 13.8 Å². The summed E-state index contributed by atoms with van der Waals surface area (Å²) in [5.41, 5.74) is 1.13. The predicted molar refractivity (Wildman–Crippen MR) is 71.9 cm³/mol. The Balaban J connectivity index is 2.61. The molecular formula is C13H21N3S. The molecule has 0 fully saturated rings. The van der Waals surface area contributed by atoms with Gasteiger partial charge in [-0.05, 0) is 19.8 Å². The molecule has 0 saturated carbocycles. The smallest absolute Gasteiger partial charge is 0.107 e. The van der Waals surface area contributed by atoms with Crippen LogP contribution in [0.1, 0.15) is 35.8 Å². The molecule has 1 rings (SSSR count). The van der Waals surface area contributed by atoms with E-state index in [4.69, 9.17) is 5.26 Å². The molecule has 0 atom stereocenters. The number of thiazole rings is 1. The maximum absolute atomic E-state index is 8.67. The summed E-state index contributed by atoms with van der Waals surface area (Å²) in [5, 5.41) is 9.84. The van der Waals surface area contributed by atoms with Crippen LogP contribution in [0.15, 0.2) is 0 Å². The minimum atomic E-state index is 0.593. The molecule has 0 saturated heterocycles. The van der Waals surface area contributed by atoms with Crippen LogP contribution in [0.3, 0.4) is 0 Å². The Bertz CT molecular complexity index is 370. The van der Waals surface area contributed by atoms with Gasteiger partial charge in [0, 0.05) is 24.4 Å². The minimum absolute atomic E-state index is 0.593. The fourth-order valence-corrected chi connectivity index (χ4v) is 2.73. The van der Waals surface area contributed by atoms with Crippen LogP contribution in [0.2, 0.25) is 0 Å². The Kier molecular flexibility index (Phi) is 5.60. The van der Waals surface area contributed by atoms with Crippen molar-refractivity contribution < 1.29 is 0 Å². The van der Waals surface area contributed by atoms with Gasteiger partial charge in [0.05, 0.1) is 18.3 Å². The minimum Gasteiger partial charge on any atom is -0.295 e. The lowest BCUT2D eigenvalue weighted by Gasteiger charge is -2.21. The van der Waals surface area contributed by atoms with Crippen molar-refractivity contribution in [3.63, 3.8) is 0 Å². The van der Waals surface area contributed by atoms with E-state index >= 15 is 0 Å². The largest absolute Gasteiger partial charge is 0.295 e. The molecule has 0 amide bonds. The summed E-state index contributed by atoms with van der Waals surface area (Å²) < 4.78 is 0. The molecule has 1 heterocycles. The molecule has 0 unspecified atom stereocenters. The van der Waals surface area contributed by atoms with Gasteiger partial charge < -0.3 is 0 Å². The number of aromatic nitrogens is 1. The summed E-state index contributed by atoms with van der Waals surface area (Å²) in [6.07, 6.45) is 0.593. The highest BCUT2D eigenvalue weighted by Gasteiger charge is 2.11. The van der Waals surface area contributed by atoms with Gasteiger partial charge >= 0.3 is 0 Å². The van der Waals surface area contributed by atoms with Crippen LogP contribution in [0.4, 0.5) is 0 Å². The maximum Gasteiger partial charge on any atom is 0.107 e. The molecule has 0 aliphatic rings. The lowest BCUT2D eigenvalue weighted by molar-refractivity contribution is 0.241. The van der Waals surface area contributed by atoms with E-state index in [1.54, 1.807) is 11.3 Å². The molecule has 0 aliphatic heterocycles. The van der Waals surface area contributed by atoms with Crippen molar-refractivity contribution in [2.24, 2.45) is 5.92 Å². The van der Waals surface area contributed by atoms with Crippen molar-refractivity contribution in [2.45, 2.75) is 40.7 Å². The van der Waals surface area contributed by atoms with E-state index in [9.17, 15) is 0 Å². The van der Waals surface area contributed by atoms with Gasteiger partial charge in [0.1, 0.15) is 5.01 Å². The van der Waals surface area contributed by atoms with Gasteiger partial charge in [-0.15, -0.1) is 11.3 Å². The molecule has 0 aromatic carbocycles. The number of nitriles is 1. The van der Waals surface area contributed by atoms with Gasteiger partial charge in [0.25, 0.3) is 0 Å². The average Bonchev–Trinajstić information content (AvgIpc) is 2.54. The molecule has 1 aromatic heterocycles. The predicted octanol–water partition coefficient (Wildman–Crippen LogP) is 3.13. The zero-order chi connectivity index (χ0) is 12.8. The van der Waals surface area contributed by atoms with E-state index in [1.807, 2.05) is 0 Å². The average molecular weight is 251 g/mol. The molecule has 0 spiro atoms. The second-order valence-corrected chi connectivity index (χ2v) is 6.07. The van der Waals surface area contributed by atoms with Crippen molar-refractivity contribution >= 4 is 11.3 Å². The van der Waals surface area contributed by atoms with Gasteiger partial charge in [0.2, 0.25) is 0 Å². The normalized spacial score (nSPS) is 11.1. The van der Waals surface area contributed by atoms with Crippen molar-refractivity contribution in [2.75, 3.05) is 13.1 Å². The fraction of sp³-hybridized carbons (Fsp3) is 0.692. The van der Waals surface area contributed by atoms with Crippen LogP contribution < -0.4 is 0 Å². The standard InChI is InChI=1S/C13H21N3S/c1-10(2)8-16(7-5-6-14)9-13-15-11(3)12(4)17-13/h10H,5,7-9H2,1-4H3. The van der Waals surface area contributed by atoms with E-state index in [0.717, 1.165) is 25.3 Å². The third-order valence-electron chi connectivity index (χ3n) is 2.59. The van der Waals surface area contributed by atoms with Gasteiger partial charge in [-0.2, -0.15) is 5.26 Å². The molecule has 0 bridgehead atoms. The summed E-state index contributed by atoms with van der Waals surface area (Å²) in [7, 11) is 0. The first kappa shape index (κ1) is 14.1. The molecule has 17 heavy (non-hydrogen) atoms. The summed E-state index contributed by atoms with van der Waals surface area (Å²) in [5.74, 6) is 0.621. The van der Waals surface area contributed by atoms with Crippen LogP contribution >= 0.6 is 11.3 Å². The summed E-state index contributed by atoms with van der Waals surface area (Å²) in [4.78, 5) is 8.18. The molecule has 1 aromatic rings. The van der Waals surface area contributed by atoms with Crippen molar-refractivity contribution in [1.29, 1.82) is 5.26 Å². The van der Waals surface area contributed by atoms with Crippen LogP contribution in [0.25, 0.3) is 0 Å². The van der Waals surface area contributed by atoms with Gasteiger partial charge in [-0.3, -0.25) is 4.90 Å². The second kappa shape index (κ2) is 6.73. The fourth-order valence-electron chi connectivity index (χ4n) is 1.76. The zero-order valence-corrected chi connectivity index (χ0v) is 12.0. The molecule has 3 nitrogen and oxygen atoms in total. The van der Waals surface area contributed by atoms with E-state index in [2.05, 4.69) is 43.6 Å². The highest BCUT2D eigenvalue weighted by atomic mass is 32.1. The quantitative estimate of drug-likeness (QED) is 0.780. The molecule has 0 radical (unpaired) electrons. The number of hydrogen-bond acceptors (Lipinski definition) is 4. The van der Waals surface area contributed by atoms with E-state index in [1.165, 1.54) is 9.88 Å². The Hall–Kier alpha value is -0.920. The Morgan fingerprint density at radius 3 is 2.59 bits per heavy atom. The molecular weight excluding hydrogens is 230 g/mol. The van der Waals surface area contributed by atoms with E-state index in [0.29, 0.717) is 12.3 Å². The maximum atomic E-state index is 8.67. The first-order valence-electron chi connectivity index (χ1n) is 6.05. The first-order chi connectivity index (χ1) is 8.02. The highest BCUT2D eigenvalue weighted by molar-refractivity contribution is 7.11. The van der Waals surface area contributed by atoms with Crippen LogP contribution in [-0.4, -0.2) is 23.0 Å². The summed E-state index contributed by atoms with van der Waals surface area (Å²) >= 11 is 1.77. The van der Waals surface area contributed by atoms with E-state index in [-0.39, 0.29) is 0 Å². The van der Waals surface area contributed by atoms with Crippen LogP contribution in [0.5, 0.6) is 0 Å². The number of rotatable bonds is 6. The van der Waals surface area contributed by atoms with Crippen molar-refractivity contribution in [1.82, 2.24) is 9.88 Å². The van der Waals surface area contributed by atoms with Gasteiger partial charge in [0.15, 0.2) is 0 Å². The molecule has 0 aliphatic carbocycles. The first-order valence-corrected chi connectivity index (χ1v) is 6.86. The Morgan fingerprint density at radius 2 is 2.12 bits per heavy atom. The number of hydrogen-bond donors (Lipinski definition) is 0. The zero-order valence-electron chi connectivity index (χ0n) is 11.2. The highest BCUT2D eigenvalue weighted by Crippen LogP contribution is 2.18. The van der Waals surface area contributed by atoms with Crippen LogP contribution in [0, 0.1) is 31.1 Å². The van der Waals surface area contributed by atoms with Crippen molar-refractivity contribution in [3.8, 4) is 6.07 Å². The lowest BCUT2D eigenvalue weighted by Crippen LogP contribution is -2.28. The monoisotopic (exact) mass is 251 g/mol. The summed E-state index contributed by atoms with van der Waals surface area (Å²) in [6, 6.07) is 2.22. The molecule has 94 valence electrons. The second-order valence-electron chi connectivity index (χ2n) is 4.79. The van der Waals surface area contributed by atoms with E-state index < -0.39 is 0 Å². The van der Waals surface area contributed by atoms with Crippen molar-refractivity contribution in [3.05, 3.63) is 15.6 Å². The Labute approximate surface area is 108 Å². The SMILES string of the molecule is Cc1nc(CN(CCC#N)CC(C)C)sc1C. The molecule has 4 heteroatoms. The topological polar surface area (TPSA) is 39.9 Å². The van der Waals surface area contributed by atoms with Crippen LogP contribution in [-0.2, 0) is 6.54 Å². The third kappa shape index (κ3) is 4.84. The lowest BCUT2D eigenvalue weighted by atomic mass is 10.2. The molecule has 0 N–H and O–H groups in total. The third-order valence-corrected chi connectivity index (χ3v) is 3.65. The Morgan fingerprint density at radius 1 is 1.41 bits per heavy atom. The van der Waals surface area contributed by atoms with Gasteiger partial charge in [-0.25, -0.2) is 4.98 Å². The number of nitrogens with zero attached hydrogens (tertiary/aromatic N) is 3.